The summed E-state index contributed by atoms with van der Waals surface area (Å²) in [5, 5.41) is 9.34. The van der Waals surface area contributed by atoms with E-state index in [9.17, 15) is 9.59 Å². The van der Waals surface area contributed by atoms with E-state index in [2.05, 4.69) is 0 Å². The minimum Gasteiger partial charge on any atom is -0.478 e. The van der Waals surface area contributed by atoms with E-state index in [1.807, 2.05) is 0 Å². The molecular weight excluding hydrogens is 294 g/mol. The van der Waals surface area contributed by atoms with Gasteiger partial charge in [-0.3, -0.25) is 4.79 Å². The zero-order valence-corrected chi connectivity index (χ0v) is 12.6. The summed E-state index contributed by atoms with van der Waals surface area (Å²) >= 11 is 5.99. The van der Waals surface area contributed by atoms with Crippen LogP contribution in [0.25, 0.3) is 0 Å². The van der Waals surface area contributed by atoms with Gasteiger partial charge in [0.25, 0.3) is 5.91 Å². The molecule has 1 aliphatic rings. The molecule has 2 rings (SSSR count). The number of halogens is 1. The Bertz CT molecular complexity index is 540. The average Bonchev–Trinajstić information content (AvgIpc) is 2.49. The Balaban J connectivity index is 2.13. The van der Waals surface area contributed by atoms with Crippen molar-refractivity contribution in [2.75, 3.05) is 13.1 Å². The standard InChI is InChI=1S/C15H18ClNO4/c1-10(14(18)17-8-3-2-4-9-17)21-13-11(15(19)20)6-5-7-12(13)16/h5-7,10H,2-4,8-9H2,1H3,(H,19,20). The highest BCUT2D eigenvalue weighted by Crippen LogP contribution is 2.30. The maximum Gasteiger partial charge on any atom is 0.339 e. The van der Waals surface area contributed by atoms with E-state index in [-0.39, 0.29) is 22.2 Å². The van der Waals surface area contributed by atoms with E-state index in [4.69, 9.17) is 21.4 Å². The van der Waals surface area contributed by atoms with Crippen LogP contribution in [0.5, 0.6) is 5.75 Å². The number of ether oxygens (including phenoxy) is 1. The Labute approximate surface area is 128 Å². The minimum atomic E-state index is -1.13. The second-order valence-corrected chi connectivity index (χ2v) is 5.47. The van der Waals surface area contributed by atoms with Crippen molar-refractivity contribution in [3.8, 4) is 5.75 Å². The van der Waals surface area contributed by atoms with Crippen LogP contribution in [0.1, 0.15) is 36.5 Å². The van der Waals surface area contributed by atoms with E-state index in [0.717, 1.165) is 32.4 Å². The van der Waals surface area contributed by atoms with Crippen LogP contribution in [-0.4, -0.2) is 41.1 Å². The van der Waals surface area contributed by atoms with Gasteiger partial charge in [0.15, 0.2) is 11.9 Å². The number of benzene rings is 1. The SMILES string of the molecule is CC(Oc1c(Cl)cccc1C(=O)O)C(=O)N1CCCCC1. The van der Waals surface area contributed by atoms with Crippen molar-refractivity contribution in [2.45, 2.75) is 32.3 Å². The Hall–Kier alpha value is -1.75. The average molecular weight is 312 g/mol. The first-order chi connectivity index (χ1) is 10.0. The fourth-order valence-corrected chi connectivity index (χ4v) is 2.61. The first-order valence-electron chi connectivity index (χ1n) is 6.98. The second kappa shape index (κ2) is 6.80. The molecule has 1 saturated heterocycles. The molecule has 1 aliphatic heterocycles. The summed E-state index contributed by atoms with van der Waals surface area (Å²) in [6.45, 7) is 3.06. The molecule has 1 aromatic rings. The van der Waals surface area contributed by atoms with E-state index in [1.165, 1.54) is 12.1 Å². The molecule has 0 spiro atoms. The van der Waals surface area contributed by atoms with Gasteiger partial charge in [0.2, 0.25) is 0 Å². The maximum atomic E-state index is 12.3. The van der Waals surface area contributed by atoms with Gasteiger partial charge in [-0.05, 0) is 38.3 Å². The van der Waals surface area contributed by atoms with Gasteiger partial charge in [-0.1, -0.05) is 17.7 Å². The van der Waals surface area contributed by atoms with Crippen LogP contribution >= 0.6 is 11.6 Å². The molecule has 0 aliphatic carbocycles. The number of likely N-dealkylation sites (tertiary alicyclic amines) is 1. The van der Waals surface area contributed by atoms with Crippen LogP contribution in [0.2, 0.25) is 5.02 Å². The number of para-hydroxylation sites is 1. The van der Waals surface area contributed by atoms with Crippen LogP contribution in [0.15, 0.2) is 18.2 Å². The normalized spacial score (nSPS) is 16.4. The molecule has 1 amide bonds. The topological polar surface area (TPSA) is 66.8 Å². The molecule has 1 aromatic carbocycles. The van der Waals surface area contributed by atoms with Crippen LogP contribution < -0.4 is 4.74 Å². The van der Waals surface area contributed by atoms with Gasteiger partial charge >= 0.3 is 5.97 Å². The molecule has 1 atom stereocenters. The molecule has 0 radical (unpaired) electrons. The Kier molecular flexibility index (Phi) is 5.07. The van der Waals surface area contributed by atoms with Crippen molar-refractivity contribution in [1.82, 2.24) is 4.90 Å². The van der Waals surface area contributed by atoms with Crippen molar-refractivity contribution in [3.05, 3.63) is 28.8 Å². The number of aromatic carboxylic acids is 1. The molecular formula is C15H18ClNO4. The van der Waals surface area contributed by atoms with Gasteiger partial charge in [-0.2, -0.15) is 0 Å². The quantitative estimate of drug-likeness (QED) is 0.928. The lowest BCUT2D eigenvalue weighted by atomic mass is 10.1. The highest BCUT2D eigenvalue weighted by molar-refractivity contribution is 6.32. The molecule has 0 saturated carbocycles. The lowest BCUT2D eigenvalue weighted by molar-refractivity contribution is -0.138. The first kappa shape index (κ1) is 15.6. The number of carboxylic acid groups (broad SMARTS) is 1. The molecule has 5 nitrogen and oxygen atoms in total. The van der Waals surface area contributed by atoms with Crippen LogP contribution in [-0.2, 0) is 4.79 Å². The molecule has 1 N–H and O–H groups in total. The van der Waals surface area contributed by atoms with Gasteiger partial charge < -0.3 is 14.7 Å². The molecule has 1 fully saturated rings. The monoisotopic (exact) mass is 311 g/mol. The van der Waals surface area contributed by atoms with E-state index in [1.54, 1.807) is 17.9 Å². The smallest absolute Gasteiger partial charge is 0.339 e. The molecule has 0 bridgehead atoms. The molecule has 6 heteroatoms. The van der Waals surface area contributed by atoms with E-state index >= 15 is 0 Å². The van der Waals surface area contributed by atoms with Crippen LogP contribution in [0, 0.1) is 0 Å². The molecule has 1 unspecified atom stereocenters. The maximum absolute atomic E-state index is 12.3. The number of piperidine rings is 1. The largest absolute Gasteiger partial charge is 0.478 e. The van der Waals surface area contributed by atoms with E-state index < -0.39 is 12.1 Å². The van der Waals surface area contributed by atoms with Gasteiger partial charge in [0.1, 0.15) is 5.56 Å². The number of hydrogen-bond acceptors (Lipinski definition) is 3. The van der Waals surface area contributed by atoms with Crippen molar-refractivity contribution < 1.29 is 19.4 Å². The Morgan fingerprint density at radius 2 is 1.95 bits per heavy atom. The number of nitrogens with zero attached hydrogens (tertiary/aromatic N) is 1. The van der Waals surface area contributed by atoms with Crippen molar-refractivity contribution in [3.63, 3.8) is 0 Å². The minimum absolute atomic E-state index is 0.0409. The predicted octanol–water partition coefficient (Wildman–Crippen LogP) is 2.82. The molecule has 1 heterocycles. The molecule has 114 valence electrons. The predicted molar refractivity (Wildman–Crippen MR) is 78.9 cm³/mol. The number of amides is 1. The number of carboxylic acids is 1. The summed E-state index contributed by atoms with van der Waals surface area (Å²) in [5.74, 6) is -1.22. The summed E-state index contributed by atoms with van der Waals surface area (Å²) in [6.07, 6.45) is 2.35. The summed E-state index contributed by atoms with van der Waals surface area (Å²) in [4.78, 5) is 25.3. The summed E-state index contributed by atoms with van der Waals surface area (Å²) in [7, 11) is 0. The summed E-state index contributed by atoms with van der Waals surface area (Å²) < 4.78 is 5.55. The fraction of sp³-hybridized carbons (Fsp3) is 0.467. The highest BCUT2D eigenvalue weighted by Gasteiger charge is 2.25. The number of hydrogen-bond donors (Lipinski definition) is 1. The molecule has 0 aromatic heterocycles. The zero-order chi connectivity index (χ0) is 15.4. The third kappa shape index (κ3) is 3.67. The van der Waals surface area contributed by atoms with Crippen molar-refractivity contribution in [1.29, 1.82) is 0 Å². The summed E-state index contributed by atoms with van der Waals surface area (Å²) in [5.41, 5.74) is -0.0409. The third-order valence-corrected chi connectivity index (χ3v) is 3.81. The lowest BCUT2D eigenvalue weighted by Crippen LogP contribution is -2.43. The van der Waals surface area contributed by atoms with Gasteiger partial charge in [0, 0.05) is 13.1 Å². The van der Waals surface area contributed by atoms with Gasteiger partial charge in [-0.25, -0.2) is 4.79 Å². The Morgan fingerprint density at radius 1 is 1.29 bits per heavy atom. The van der Waals surface area contributed by atoms with Crippen LogP contribution in [0.4, 0.5) is 0 Å². The number of rotatable bonds is 4. The van der Waals surface area contributed by atoms with E-state index in [0.29, 0.717) is 0 Å². The second-order valence-electron chi connectivity index (χ2n) is 5.07. The van der Waals surface area contributed by atoms with Gasteiger partial charge in [-0.15, -0.1) is 0 Å². The fourth-order valence-electron chi connectivity index (χ4n) is 2.40. The van der Waals surface area contributed by atoms with Crippen LogP contribution in [0.3, 0.4) is 0 Å². The highest BCUT2D eigenvalue weighted by atomic mass is 35.5. The zero-order valence-electron chi connectivity index (χ0n) is 11.8. The third-order valence-electron chi connectivity index (χ3n) is 3.51. The van der Waals surface area contributed by atoms with Crippen molar-refractivity contribution >= 4 is 23.5 Å². The Morgan fingerprint density at radius 3 is 2.57 bits per heavy atom. The first-order valence-corrected chi connectivity index (χ1v) is 7.35. The number of carbonyl (C=O) groups excluding carboxylic acids is 1. The van der Waals surface area contributed by atoms with Crippen molar-refractivity contribution in [2.24, 2.45) is 0 Å². The molecule has 21 heavy (non-hydrogen) atoms. The summed E-state index contributed by atoms with van der Waals surface area (Å²) in [6, 6.07) is 4.48. The number of carbonyl (C=O) groups is 2. The van der Waals surface area contributed by atoms with Gasteiger partial charge in [0.05, 0.1) is 5.02 Å². The lowest BCUT2D eigenvalue weighted by Gasteiger charge is -2.29.